The zero-order chi connectivity index (χ0) is 12.4. The van der Waals surface area contributed by atoms with Crippen LogP contribution in [0.25, 0.3) is 0 Å². The molecule has 18 heavy (non-hydrogen) atoms. The molecule has 2 fully saturated rings. The minimum atomic E-state index is 0.789. The Hall–Kier alpha value is -0.870. The van der Waals surface area contributed by atoms with Crippen LogP contribution < -0.4 is 5.32 Å². The molecule has 1 unspecified atom stereocenters. The van der Waals surface area contributed by atoms with Gasteiger partial charge in [-0.25, -0.2) is 0 Å². The molecule has 1 aliphatic heterocycles. The van der Waals surface area contributed by atoms with Gasteiger partial charge < -0.3 is 9.84 Å². The van der Waals surface area contributed by atoms with Gasteiger partial charge in [0.05, 0.1) is 12.2 Å². The maximum Gasteiger partial charge on any atom is 0.150 e. The minimum absolute atomic E-state index is 0.789. The van der Waals surface area contributed by atoms with Crippen molar-refractivity contribution in [1.82, 2.24) is 15.4 Å². The highest BCUT2D eigenvalue weighted by Crippen LogP contribution is 2.30. The molecule has 4 nitrogen and oxygen atoms in total. The van der Waals surface area contributed by atoms with Crippen LogP contribution in [0.4, 0.5) is 0 Å². The van der Waals surface area contributed by atoms with Gasteiger partial charge in [0, 0.05) is 18.7 Å². The van der Waals surface area contributed by atoms with Gasteiger partial charge in [-0.05, 0) is 51.6 Å². The van der Waals surface area contributed by atoms with Crippen LogP contribution in [0.2, 0.25) is 0 Å². The normalized spacial score (nSPS) is 24.7. The van der Waals surface area contributed by atoms with E-state index in [0.717, 1.165) is 30.0 Å². The number of piperidine rings is 1. The number of hydrogen-bond donors (Lipinski definition) is 1. The first-order valence-electron chi connectivity index (χ1n) is 7.18. The lowest BCUT2D eigenvalue weighted by Gasteiger charge is -2.29. The molecule has 1 saturated heterocycles. The van der Waals surface area contributed by atoms with E-state index >= 15 is 0 Å². The van der Waals surface area contributed by atoms with Crippen molar-refractivity contribution in [3.05, 3.63) is 17.5 Å². The van der Waals surface area contributed by atoms with Crippen molar-refractivity contribution in [2.45, 2.75) is 45.2 Å². The van der Waals surface area contributed by atoms with E-state index in [1.54, 1.807) is 0 Å². The van der Waals surface area contributed by atoms with Crippen LogP contribution in [-0.4, -0.2) is 35.7 Å². The number of nitrogens with one attached hydrogen (secondary N) is 1. The lowest BCUT2D eigenvalue weighted by molar-refractivity contribution is 0.175. The van der Waals surface area contributed by atoms with Gasteiger partial charge in [0.15, 0.2) is 5.76 Å². The molecule has 1 aliphatic carbocycles. The molecule has 100 valence electrons. The molecule has 3 rings (SSSR count). The average Bonchev–Trinajstić information content (AvgIpc) is 3.15. The lowest BCUT2D eigenvalue weighted by atomic mass is 9.99. The summed E-state index contributed by atoms with van der Waals surface area (Å²) in [5.74, 6) is 1.83. The van der Waals surface area contributed by atoms with Crippen molar-refractivity contribution in [2.75, 3.05) is 19.6 Å². The highest BCUT2D eigenvalue weighted by molar-refractivity contribution is 5.04. The van der Waals surface area contributed by atoms with Crippen LogP contribution >= 0.6 is 0 Å². The van der Waals surface area contributed by atoms with Crippen molar-refractivity contribution >= 4 is 0 Å². The van der Waals surface area contributed by atoms with Crippen LogP contribution in [0, 0.1) is 12.8 Å². The standard InChI is InChI=1S/C14H23N3O/c1-11-7-14(18-16-11)10-17(13-4-5-13)9-12-3-2-6-15-8-12/h7,12-13,15H,2-6,8-10H2,1H3. The Morgan fingerprint density at radius 2 is 2.33 bits per heavy atom. The Balaban J connectivity index is 1.57. The molecule has 1 aromatic rings. The first kappa shape index (κ1) is 12.2. The predicted octanol–water partition coefficient (Wildman–Crippen LogP) is 1.95. The van der Waals surface area contributed by atoms with Gasteiger partial charge in [-0.15, -0.1) is 0 Å². The number of nitrogens with zero attached hydrogens (tertiary/aromatic N) is 2. The second-order valence-electron chi connectivity index (χ2n) is 5.81. The van der Waals surface area contributed by atoms with Crippen LogP contribution in [0.5, 0.6) is 0 Å². The van der Waals surface area contributed by atoms with E-state index in [0.29, 0.717) is 0 Å². The van der Waals surface area contributed by atoms with Crippen LogP contribution in [0.15, 0.2) is 10.6 Å². The topological polar surface area (TPSA) is 41.3 Å². The van der Waals surface area contributed by atoms with Crippen molar-refractivity contribution in [3.8, 4) is 0 Å². The Morgan fingerprint density at radius 1 is 1.44 bits per heavy atom. The fourth-order valence-corrected chi connectivity index (χ4v) is 2.88. The van der Waals surface area contributed by atoms with Crippen LogP contribution in [-0.2, 0) is 6.54 Å². The second kappa shape index (κ2) is 5.41. The molecule has 0 bridgehead atoms. The van der Waals surface area contributed by atoms with E-state index in [4.69, 9.17) is 4.52 Å². The summed E-state index contributed by atoms with van der Waals surface area (Å²) in [4.78, 5) is 2.59. The Morgan fingerprint density at radius 3 is 2.94 bits per heavy atom. The monoisotopic (exact) mass is 249 g/mol. The number of aryl methyl sites for hydroxylation is 1. The zero-order valence-corrected chi connectivity index (χ0v) is 11.2. The van der Waals surface area contributed by atoms with Crippen LogP contribution in [0.1, 0.15) is 37.1 Å². The predicted molar refractivity (Wildman–Crippen MR) is 70.3 cm³/mol. The van der Waals surface area contributed by atoms with Gasteiger partial charge >= 0.3 is 0 Å². The molecule has 0 aromatic carbocycles. The first-order valence-corrected chi connectivity index (χ1v) is 7.18. The van der Waals surface area contributed by atoms with Gasteiger partial charge in [-0.1, -0.05) is 5.16 Å². The van der Waals surface area contributed by atoms with Gasteiger partial charge in [-0.2, -0.15) is 0 Å². The molecule has 0 spiro atoms. The van der Waals surface area contributed by atoms with Crippen LogP contribution in [0.3, 0.4) is 0 Å². The number of hydrogen-bond acceptors (Lipinski definition) is 4. The number of aromatic nitrogens is 1. The molecular weight excluding hydrogens is 226 g/mol. The van der Waals surface area contributed by atoms with E-state index in [1.165, 1.54) is 45.3 Å². The summed E-state index contributed by atoms with van der Waals surface area (Å²) in [7, 11) is 0. The van der Waals surface area contributed by atoms with E-state index in [9.17, 15) is 0 Å². The summed E-state index contributed by atoms with van der Waals surface area (Å²) in [6.07, 6.45) is 5.40. The fraction of sp³-hybridized carbons (Fsp3) is 0.786. The summed E-state index contributed by atoms with van der Waals surface area (Å²) in [5.41, 5.74) is 0.986. The quantitative estimate of drug-likeness (QED) is 0.866. The largest absolute Gasteiger partial charge is 0.360 e. The summed E-state index contributed by atoms with van der Waals surface area (Å²) in [5, 5.41) is 7.49. The lowest BCUT2D eigenvalue weighted by Crippen LogP contribution is -2.38. The van der Waals surface area contributed by atoms with Crippen molar-refractivity contribution < 1.29 is 4.52 Å². The third-order valence-corrected chi connectivity index (χ3v) is 3.99. The molecule has 2 aliphatic rings. The molecular formula is C14H23N3O. The Kier molecular flexibility index (Phi) is 3.66. The average molecular weight is 249 g/mol. The zero-order valence-electron chi connectivity index (χ0n) is 11.2. The fourth-order valence-electron chi connectivity index (χ4n) is 2.88. The minimum Gasteiger partial charge on any atom is -0.360 e. The molecule has 0 amide bonds. The van der Waals surface area contributed by atoms with E-state index in [-0.39, 0.29) is 0 Å². The molecule has 1 N–H and O–H groups in total. The van der Waals surface area contributed by atoms with Gasteiger partial charge in [0.25, 0.3) is 0 Å². The van der Waals surface area contributed by atoms with E-state index in [1.807, 2.05) is 6.92 Å². The summed E-state index contributed by atoms with van der Waals surface area (Å²) < 4.78 is 5.35. The van der Waals surface area contributed by atoms with Gasteiger partial charge in [-0.3, -0.25) is 4.90 Å². The molecule has 2 heterocycles. The van der Waals surface area contributed by atoms with Crippen molar-refractivity contribution in [3.63, 3.8) is 0 Å². The first-order chi connectivity index (χ1) is 8.81. The maximum absolute atomic E-state index is 5.35. The highest BCUT2D eigenvalue weighted by Gasteiger charge is 2.31. The van der Waals surface area contributed by atoms with E-state index < -0.39 is 0 Å². The maximum atomic E-state index is 5.35. The van der Waals surface area contributed by atoms with E-state index in [2.05, 4.69) is 21.4 Å². The smallest absolute Gasteiger partial charge is 0.150 e. The molecule has 1 atom stereocenters. The molecule has 0 radical (unpaired) electrons. The SMILES string of the molecule is Cc1cc(CN(CC2CCCNC2)C2CC2)on1. The molecule has 1 aromatic heterocycles. The Labute approximate surface area is 109 Å². The third kappa shape index (κ3) is 3.12. The highest BCUT2D eigenvalue weighted by atomic mass is 16.5. The van der Waals surface area contributed by atoms with Gasteiger partial charge in [0.2, 0.25) is 0 Å². The second-order valence-corrected chi connectivity index (χ2v) is 5.81. The summed E-state index contributed by atoms with van der Waals surface area (Å²) in [6, 6.07) is 2.85. The number of rotatable bonds is 5. The molecule has 1 saturated carbocycles. The summed E-state index contributed by atoms with van der Waals surface area (Å²) >= 11 is 0. The Bertz CT molecular complexity index is 380. The van der Waals surface area contributed by atoms with Gasteiger partial charge in [0.1, 0.15) is 0 Å². The molecule has 4 heteroatoms. The third-order valence-electron chi connectivity index (χ3n) is 3.99. The summed E-state index contributed by atoms with van der Waals surface area (Å²) in [6.45, 7) is 6.50. The van der Waals surface area contributed by atoms with Crippen molar-refractivity contribution in [1.29, 1.82) is 0 Å². The van der Waals surface area contributed by atoms with Crippen molar-refractivity contribution in [2.24, 2.45) is 5.92 Å².